The fraction of sp³-hybridized carbons (Fsp3) is 0.800. The van der Waals surface area contributed by atoms with Crippen LogP contribution in [0.2, 0.25) is 0 Å². The van der Waals surface area contributed by atoms with E-state index in [4.69, 9.17) is 4.74 Å². The van der Waals surface area contributed by atoms with E-state index in [1.807, 2.05) is 4.90 Å². The molecule has 0 aromatic rings. The second kappa shape index (κ2) is 6.91. The highest BCUT2D eigenvalue weighted by molar-refractivity contribution is 5.85. The number of piperidine rings is 1. The average Bonchev–Trinajstić information content (AvgIpc) is 3.30. The molecule has 1 saturated heterocycles. The van der Waals surface area contributed by atoms with E-state index in [9.17, 15) is 14.4 Å². The molecular formula is C15H24N2O4. The first-order valence-electron chi connectivity index (χ1n) is 7.72. The van der Waals surface area contributed by atoms with Crippen molar-refractivity contribution in [3.8, 4) is 0 Å². The number of likely N-dealkylation sites (tertiary alicyclic amines) is 1. The van der Waals surface area contributed by atoms with Crippen LogP contribution in [0, 0.1) is 11.8 Å². The van der Waals surface area contributed by atoms with Crippen LogP contribution in [-0.4, -0.2) is 60.9 Å². The minimum atomic E-state index is -0.393. The Kier molecular flexibility index (Phi) is 5.20. The third-order valence-electron chi connectivity index (χ3n) is 4.06. The molecule has 0 radical (unpaired) electrons. The van der Waals surface area contributed by atoms with Gasteiger partial charge in [0.25, 0.3) is 0 Å². The molecule has 1 heterocycles. The zero-order valence-corrected chi connectivity index (χ0v) is 12.8. The van der Waals surface area contributed by atoms with E-state index in [2.05, 4.69) is 0 Å². The van der Waals surface area contributed by atoms with E-state index in [0.29, 0.717) is 13.2 Å². The minimum Gasteiger partial charge on any atom is -0.465 e. The summed E-state index contributed by atoms with van der Waals surface area (Å²) in [6.07, 6.45) is 3.59. The molecule has 1 saturated carbocycles. The summed E-state index contributed by atoms with van der Waals surface area (Å²) < 4.78 is 4.85. The first kappa shape index (κ1) is 15.8. The summed E-state index contributed by atoms with van der Waals surface area (Å²) >= 11 is 0. The largest absolute Gasteiger partial charge is 0.465 e. The number of likely N-dealkylation sites (N-methyl/N-ethyl adjacent to an activating group) is 1. The highest BCUT2D eigenvalue weighted by Gasteiger charge is 2.37. The maximum Gasteiger partial charge on any atom is 0.325 e. The fourth-order valence-corrected chi connectivity index (χ4v) is 2.76. The Morgan fingerprint density at radius 1 is 1.19 bits per heavy atom. The van der Waals surface area contributed by atoms with Crippen LogP contribution in [-0.2, 0) is 19.1 Å². The molecule has 21 heavy (non-hydrogen) atoms. The Morgan fingerprint density at radius 2 is 1.90 bits per heavy atom. The van der Waals surface area contributed by atoms with Crippen LogP contribution in [0.4, 0.5) is 0 Å². The van der Waals surface area contributed by atoms with Gasteiger partial charge in [0.2, 0.25) is 11.8 Å². The van der Waals surface area contributed by atoms with Gasteiger partial charge in [-0.25, -0.2) is 0 Å². The van der Waals surface area contributed by atoms with Gasteiger partial charge in [0.1, 0.15) is 6.54 Å². The summed E-state index contributed by atoms with van der Waals surface area (Å²) in [5.74, 6) is -0.274. The van der Waals surface area contributed by atoms with Crippen LogP contribution < -0.4 is 0 Å². The maximum absolute atomic E-state index is 12.4. The fourth-order valence-electron chi connectivity index (χ4n) is 2.76. The van der Waals surface area contributed by atoms with Gasteiger partial charge in [-0.2, -0.15) is 0 Å². The number of carbonyl (C=O) groups is 3. The molecule has 1 aliphatic carbocycles. The molecule has 2 aliphatic rings. The molecule has 1 unspecified atom stereocenters. The zero-order valence-electron chi connectivity index (χ0n) is 12.8. The molecule has 2 fully saturated rings. The standard InChI is InChI=1S/C15H24N2O4/c1-3-21-13(18)10-16(2)14(19)12-5-4-8-17(9-12)15(20)11-6-7-11/h11-12H,3-10H2,1-2H3. The van der Waals surface area contributed by atoms with Crippen LogP contribution in [0.25, 0.3) is 0 Å². The Morgan fingerprint density at radius 3 is 2.52 bits per heavy atom. The normalized spacial score (nSPS) is 21.8. The molecule has 0 bridgehead atoms. The number of amides is 2. The Balaban J connectivity index is 1.86. The van der Waals surface area contributed by atoms with Gasteiger partial charge in [0.15, 0.2) is 0 Å². The van der Waals surface area contributed by atoms with Crippen molar-refractivity contribution in [3.05, 3.63) is 0 Å². The molecule has 118 valence electrons. The summed E-state index contributed by atoms with van der Waals surface area (Å²) in [5, 5.41) is 0. The molecule has 2 rings (SSSR count). The molecule has 2 amide bonds. The summed E-state index contributed by atoms with van der Waals surface area (Å²) in [5.41, 5.74) is 0. The van der Waals surface area contributed by atoms with Crippen LogP contribution in [0.3, 0.4) is 0 Å². The van der Waals surface area contributed by atoms with Gasteiger partial charge in [-0.1, -0.05) is 0 Å². The van der Waals surface area contributed by atoms with E-state index in [1.54, 1.807) is 14.0 Å². The van der Waals surface area contributed by atoms with E-state index in [-0.39, 0.29) is 30.2 Å². The number of hydrogen-bond donors (Lipinski definition) is 0. The molecular weight excluding hydrogens is 272 g/mol. The number of rotatable bonds is 5. The van der Waals surface area contributed by atoms with Crippen molar-refractivity contribution < 1.29 is 19.1 Å². The van der Waals surface area contributed by atoms with Crippen LogP contribution in [0.5, 0.6) is 0 Å². The Hall–Kier alpha value is -1.59. The summed E-state index contributed by atoms with van der Waals surface area (Å²) in [6, 6.07) is 0. The highest BCUT2D eigenvalue weighted by Crippen LogP contribution is 2.32. The van der Waals surface area contributed by atoms with Crippen molar-refractivity contribution in [2.75, 3.05) is 33.3 Å². The smallest absolute Gasteiger partial charge is 0.325 e. The summed E-state index contributed by atoms with van der Waals surface area (Å²) in [7, 11) is 1.61. The zero-order chi connectivity index (χ0) is 15.4. The monoisotopic (exact) mass is 296 g/mol. The van der Waals surface area contributed by atoms with Gasteiger partial charge in [0, 0.05) is 26.1 Å². The third-order valence-corrected chi connectivity index (χ3v) is 4.06. The molecule has 1 aliphatic heterocycles. The third kappa shape index (κ3) is 4.19. The highest BCUT2D eigenvalue weighted by atomic mass is 16.5. The predicted molar refractivity (Wildman–Crippen MR) is 76.3 cm³/mol. The number of esters is 1. The van der Waals surface area contributed by atoms with E-state index < -0.39 is 5.97 Å². The second-order valence-electron chi connectivity index (χ2n) is 5.90. The summed E-state index contributed by atoms with van der Waals surface area (Å²) in [4.78, 5) is 39.1. The predicted octanol–water partition coefficient (Wildman–Crippen LogP) is 0.656. The molecule has 0 spiro atoms. The van der Waals surface area contributed by atoms with E-state index >= 15 is 0 Å². The maximum atomic E-state index is 12.4. The number of carbonyl (C=O) groups excluding carboxylic acids is 3. The van der Waals surface area contributed by atoms with Crippen molar-refractivity contribution in [1.29, 1.82) is 0 Å². The molecule has 0 aromatic carbocycles. The second-order valence-corrected chi connectivity index (χ2v) is 5.90. The van der Waals surface area contributed by atoms with Crippen molar-refractivity contribution >= 4 is 17.8 Å². The van der Waals surface area contributed by atoms with Gasteiger partial charge in [0.05, 0.1) is 12.5 Å². The first-order valence-corrected chi connectivity index (χ1v) is 7.72. The molecule has 6 heteroatoms. The number of ether oxygens (including phenoxy) is 1. The average molecular weight is 296 g/mol. The molecule has 6 nitrogen and oxygen atoms in total. The molecule has 0 N–H and O–H groups in total. The van der Waals surface area contributed by atoms with E-state index in [1.165, 1.54) is 4.90 Å². The topological polar surface area (TPSA) is 66.9 Å². The van der Waals surface area contributed by atoms with Gasteiger partial charge >= 0.3 is 5.97 Å². The summed E-state index contributed by atoms with van der Waals surface area (Å²) in [6.45, 7) is 3.26. The number of hydrogen-bond acceptors (Lipinski definition) is 4. The van der Waals surface area contributed by atoms with Gasteiger partial charge in [-0.3, -0.25) is 14.4 Å². The van der Waals surface area contributed by atoms with Gasteiger partial charge in [-0.05, 0) is 32.6 Å². The van der Waals surface area contributed by atoms with Crippen LogP contribution >= 0.6 is 0 Å². The Labute approximate surface area is 125 Å². The van der Waals surface area contributed by atoms with Crippen molar-refractivity contribution in [3.63, 3.8) is 0 Å². The van der Waals surface area contributed by atoms with Crippen molar-refractivity contribution in [2.24, 2.45) is 11.8 Å². The van der Waals surface area contributed by atoms with Crippen molar-refractivity contribution in [1.82, 2.24) is 9.80 Å². The molecule has 1 atom stereocenters. The lowest BCUT2D eigenvalue weighted by atomic mass is 9.96. The van der Waals surface area contributed by atoms with Crippen LogP contribution in [0.1, 0.15) is 32.6 Å². The molecule has 0 aromatic heterocycles. The van der Waals surface area contributed by atoms with E-state index in [0.717, 1.165) is 32.2 Å². The Bertz CT molecular complexity index is 420. The van der Waals surface area contributed by atoms with Crippen molar-refractivity contribution in [2.45, 2.75) is 32.6 Å². The SMILES string of the molecule is CCOC(=O)CN(C)C(=O)C1CCCN(C(=O)C2CC2)C1. The lowest BCUT2D eigenvalue weighted by molar-refractivity contribution is -0.150. The quantitative estimate of drug-likeness (QED) is 0.699. The first-order chi connectivity index (χ1) is 10.0. The lowest BCUT2D eigenvalue weighted by Gasteiger charge is -2.34. The van der Waals surface area contributed by atoms with Crippen LogP contribution in [0.15, 0.2) is 0 Å². The lowest BCUT2D eigenvalue weighted by Crippen LogP contribution is -2.47. The van der Waals surface area contributed by atoms with Gasteiger partial charge < -0.3 is 14.5 Å². The van der Waals surface area contributed by atoms with Gasteiger partial charge in [-0.15, -0.1) is 0 Å². The number of nitrogens with zero attached hydrogens (tertiary/aromatic N) is 2. The minimum absolute atomic E-state index is 0.0280.